The van der Waals surface area contributed by atoms with Crippen LogP contribution < -0.4 is 4.74 Å². The molecule has 0 saturated heterocycles. The number of halogens is 1. The molecule has 1 aromatic rings. The van der Waals surface area contributed by atoms with Crippen LogP contribution in [0.15, 0.2) is 17.1 Å². The van der Waals surface area contributed by atoms with Crippen LogP contribution in [0.25, 0.3) is 0 Å². The van der Waals surface area contributed by atoms with Crippen molar-refractivity contribution in [3.05, 3.63) is 28.3 Å². The lowest BCUT2D eigenvalue weighted by atomic mass is 9.89. The number of benzene rings is 1. The Morgan fingerprint density at radius 1 is 1.33 bits per heavy atom. The first kappa shape index (κ1) is 14.9. The molecule has 0 bridgehead atoms. The van der Waals surface area contributed by atoms with E-state index in [9.17, 15) is 0 Å². The van der Waals surface area contributed by atoms with Crippen molar-refractivity contribution >= 4 is 17.8 Å². The van der Waals surface area contributed by atoms with Crippen molar-refractivity contribution in [2.75, 3.05) is 20.3 Å². The zero-order valence-electron chi connectivity index (χ0n) is 12.7. The molecule has 0 N–H and O–H groups in total. The molecule has 2 aliphatic rings. The molecule has 21 heavy (non-hydrogen) atoms. The highest BCUT2D eigenvalue weighted by atomic mass is 35.5. The van der Waals surface area contributed by atoms with E-state index in [1.165, 1.54) is 18.4 Å². The summed E-state index contributed by atoms with van der Waals surface area (Å²) in [6.07, 6.45) is 6.42. The molecule has 3 nitrogen and oxygen atoms in total. The van der Waals surface area contributed by atoms with Crippen molar-refractivity contribution in [3.8, 4) is 5.75 Å². The topological polar surface area (TPSA) is 30.8 Å². The second-order valence-electron chi connectivity index (χ2n) is 6.33. The van der Waals surface area contributed by atoms with E-state index in [1.807, 2.05) is 12.3 Å². The van der Waals surface area contributed by atoms with Crippen molar-refractivity contribution in [3.63, 3.8) is 0 Å². The average Bonchev–Trinajstić information content (AvgIpc) is 3.22. The minimum absolute atomic E-state index is 0.410. The molecule has 1 aliphatic carbocycles. The first-order chi connectivity index (χ1) is 10.1. The van der Waals surface area contributed by atoms with Crippen LogP contribution in [-0.2, 0) is 11.2 Å². The summed E-state index contributed by atoms with van der Waals surface area (Å²) in [5.41, 5.74) is 2.84. The maximum Gasteiger partial charge on any atom is 0.138 e. The highest BCUT2D eigenvalue weighted by molar-refractivity contribution is 6.32. The fraction of sp³-hybridized carbons (Fsp3) is 0.588. The summed E-state index contributed by atoms with van der Waals surface area (Å²) in [5, 5.41) is 0.661. The maximum absolute atomic E-state index is 6.29. The lowest BCUT2D eigenvalue weighted by molar-refractivity contribution is 0.172. The minimum Gasteiger partial charge on any atom is -0.492 e. The van der Waals surface area contributed by atoms with Gasteiger partial charge in [-0.2, -0.15) is 0 Å². The highest BCUT2D eigenvalue weighted by Crippen LogP contribution is 2.51. The monoisotopic (exact) mass is 307 g/mol. The van der Waals surface area contributed by atoms with Gasteiger partial charge in [0.15, 0.2) is 0 Å². The Balaban J connectivity index is 1.72. The van der Waals surface area contributed by atoms with E-state index in [0.717, 1.165) is 24.2 Å². The van der Waals surface area contributed by atoms with Gasteiger partial charge in [-0.3, -0.25) is 4.99 Å². The molecule has 0 amide bonds. The Hall–Kier alpha value is -1.06. The van der Waals surface area contributed by atoms with E-state index in [0.29, 0.717) is 29.7 Å². The Morgan fingerprint density at radius 2 is 2.14 bits per heavy atom. The third-order valence-electron chi connectivity index (χ3n) is 4.59. The van der Waals surface area contributed by atoms with E-state index >= 15 is 0 Å². The summed E-state index contributed by atoms with van der Waals surface area (Å²) < 4.78 is 10.8. The largest absolute Gasteiger partial charge is 0.492 e. The van der Waals surface area contributed by atoms with E-state index < -0.39 is 0 Å². The summed E-state index contributed by atoms with van der Waals surface area (Å²) in [6, 6.07) is 4.47. The highest BCUT2D eigenvalue weighted by Gasteiger charge is 2.45. The fourth-order valence-electron chi connectivity index (χ4n) is 2.79. The third kappa shape index (κ3) is 3.24. The minimum atomic E-state index is 0.410. The van der Waals surface area contributed by atoms with Crippen LogP contribution in [0.2, 0.25) is 5.02 Å². The Morgan fingerprint density at radius 3 is 2.86 bits per heavy atom. The molecule has 1 heterocycles. The zero-order valence-corrected chi connectivity index (χ0v) is 13.4. The van der Waals surface area contributed by atoms with Gasteiger partial charge in [0.25, 0.3) is 0 Å². The normalized spacial score (nSPS) is 22.0. The van der Waals surface area contributed by atoms with Gasteiger partial charge in [-0.05, 0) is 47.9 Å². The summed E-state index contributed by atoms with van der Waals surface area (Å²) >= 11 is 6.29. The van der Waals surface area contributed by atoms with E-state index in [-0.39, 0.29) is 0 Å². The number of hydrogen-bond donors (Lipinski definition) is 0. The molecule has 1 fully saturated rings. The molecular weight excluding hydrogens is 286 g/mol. The van der Waals surface area contributed by atoms with Gasteiger partial charge in [0.2, 0.25) is 0 Å². The second kappa shape index (κ2) is 5.98. The molecule has 114 valence electrons. The fourth-order valence-corrected chi connectivity index (χ4v) is 3.02. The Bertz CT molecular complexity index is 552. The molecule has 4 heteroatoms. The maximum atomic E-state index is 6.29. The van der Waals surface area contributed by atoms with Crippen molar-refractivity contribution in [2.45, 2.75) is 38.6 Å². The van der Waals surface area contributed by atoms with Crippen molar-refractivity contribution in [1.29, 1.82) is 0 Å². The first-order valence-corrected chi connectivity index (χ1v) is 7.97. The quantitative estimate of drug-likeness (QED) is 0.746. The van der Waals surface area contributed by atoms with Gasteiger partial charge in [0.05, 0.1) is 17.7 Å². The molecular formula is C17H22ClNO2. The standard InChI is InChI=1S/C17H22ClNO2/c1-17(4-5-17)16-10-12-9-15(21-7-3-6-20-2)14(18)8-13(12)11-19-16/h8-9,11,16H,3-7,10H2,1-2H3/t16-/m1/s1. The van der Waals surface area contributed by atoms with Gasteiger partial charge in [0, 0.05) is 26.4 Å². The number of ether oxygens (including phenoxy) is 2. The lowest BCUT2D eigenvalue weighted by Gasteiger charge is -2.25. The molecule has 3 rings (SSSR count). The first-order valence-electron chi connectivity index (χ1n) is 7.60. The Kier molecular flexibility index (Phi) is 4.23. The van der Waals surface area contributed by atoms with Gasteiger partial charge in [-0.15, -0.1) is 0 Å². The van der Waals surface area contributed by atoms with Crippen molar-refractivity contribution in [2.24, 2.45) is 10.4 Å². The average molecular weight is 308 g/mol. The van der Waals surface area contributed by atoms with Gasteiger partial charge in [-0.25, -0.2) is 0 Å². The molecule has 0 unspecified atom stereocenters. The summed E-state index contributed by atoms with van der Waals surface area (Å²) in [6.45, 7) is 3.66. The van der Waals surface area contributed by atoms with Crippen molar-refractivity contribution in [1.82, 2.24) is 0 Å². The lowest BCUT2D eigenvalue weighted by Crippen LogP contribution is -2.24. The molecule has 1 atom stereocenters. The number of fused-ring (bicyclic) bond motifs is 1. The predicted octanol–water partition coefficient (Wildman–Crippen LogP) is 3.90. The summed E-state index contributed by atoms with van der Waals surface area (Å²) in [4.78, 5) is 4.72. The molecule has 0 radical (unpaired) electrons. The number of nitrogens with zero attached hydrogens (tertiary/aromatic N) is 1. The molecule has 0 aromatic heterocycles. The van der Waals surface area contributed by atoms with Crippen LogP contribution in [0.1, 0.15) is 37.3 Å². The van der Waals surface area contributed by atoms with E-state index in [2.05, 4.69) is 13.0 Å². The van der Waals surface area contributed by atoms with Gasteiger partial charge in [-0.1, -0.05) is 18.5 Å². The van der Waals surface area contributed by atoms with Gasteiger partial charge < -0.3 is 9.47 Å². The Labute approximate surface area is 131 Å². The number of rotatable bonds is 6. The van der Waals surface area contributed by atoms with Crippen LogP contribution in [0.4, 0.5) is 0 Å². The molecule has 1 aliphatic heterocycles. The van der Waals surface area contributed by atoms with Gasteiger partial charge >= 0.3 is 0 Å². The molecule has 1 saturated carbocycles. The van der Waals surface area contributed by atoms with Crippen LogP contribution in [0.5, 0.6) is 5.75 Å². The third-order valence-corrected chi connectivity index (χ3v) is 4.89. The summed E-state index contributed by atoms with van der Waals surface area (Å²) in [7, 11) is 1.70. The number of methoxy groups -OCH3 is 1. The predicted molar refractivity (Wildman–Crippen MR) is 85.9 cm³/mol. The zero-order chi connectivity index (χ0) is 14.9. The van der Waals surface area contributed by atoms with E-state index in [4.69, 9.17) is 26.1 Å². The van der Waals surface area contributed by atoms with Crippen molar-refractivity contribution < 1.29 is 9.47 Å². The van der Waals surface area contributed by atoms with Crippen LogP contribution in [0.3, 0.4) is 0 Å². The molecule has 1 aromatic carbocycles. The SMILES string of the molecule is COCCCOc1cc2c(cc1Cl)C=N[C@@H](C1(C)CC1)C2. The molecule has 0 spiro atoms. The second-order valence-corrected chi connectivity index (χ2v) is 6.74. The van der Waals surface area contributed by atoms with Crippen LogP contribution >= 0.6 is 11.6 Å². The van der Waals surface area contributed by atoms with E-state index in [1.54, 1.807) is 7.11 Å². The number of aliphatic imine (C=N–C) groups is 1. The van der Waals surface area contributed by atoms with Crippen LogP contribution in [0, 0.1) is 5.41 Å². The smallest absolute Gasteiger partial charge is 0.138 e. The van der Waals surface area contributed by atoms with Crippen LogP contribution in [-0.4, -0.2) is 32.6 Å². The van der Waals surface area contributed by atoms with Gasteiger partial charge in [0.1, 0.15) is 5.75 Å². The summed E-state index contributed by atoms with van der Waals surface area (Å²) in [5.74, 6) is 0.779. The number of hydrogen-bond acceptors (Lipinski definition) is 3.